The number of nitrogens with one attached hydrogen (secondary N) is 1. The first-order chi connectivity index (χ1) is 8.72. The van der Waals surface area contributed by atoms with E-state index in [0.717, 1.165) is 24.6 Å². The van der Waals surface area contributed by atoms with Gasteiger partial charge in [0.05, 0.1) is 18.9 Å². The average Bonchev–Trinajstić information content (AvgIpc) is 3.04. The molecule has 0 fully saturated rings. The maximum absolute atomic E-state index is 5.55. The molecule has 2 aromatic heterocycles. The minimum Gasteiger partial charge on any atom is -0.444 e. The van der Waals surface area contributed by atoms with Crippen LogP contribution in [0.15, 0.2) is 23.0 Å². The molecule has 2 rings (SSSR count). The molecule has 0 aliphatic carbocycles. The fourth-order valence-electron chi connectivity index (χ4n) is 1.73. The number of aryl methyl sites for hydroxylation is 2. The maximum atomic E-state index is 5.55. The van der Waals surface area contributed by atoms with E-state index in [1.165, 1.54) is 5.56 Å². The fourth-order valence-corrected chi connectivity index (χ4v) is 1.73. The molecule has 5 nitrogen and oxygen atoms in total. The van der Waals surface area contributed by atoms with Gasteiger partial charge in [-0.2, -0.15) is 5.10 Å². The predicted molar refractivity (Wildman–Crippen MR) is 69.0 cm³/mol. The summed E-state index contributed by atoms with van der Waals surface area (Å²) in [5.41, 5.74) is 1.18. The number of rotatable bonds is 6. The molecule has 98 valence electrons. The molecule has 0 radical (unpaired) electrons. The minimum atomic E-state index is 0.238. The van der Waals surface area contributed by atoms with E-state index in [9.17, 15) is 0 Å². The van der Waals surface area contributed by atoms with Gasteiger partial charge in [0.2, 0.25) is 5.89 Å². The van der Waals surface area contributed by atoms with Crippen LogP contribution in [0.1, 0.15) is 44.0 Å². The zero-order chi connectivity index (χ0) is 13.0. The lowest BCUT2D eigenvalue weighted by Gasteiger charge is -2.09. The molecule has 0 amide bonds. The number of hydrogen-bond acceptors (Lipinski definition) is 4. The SMILES string of the molecule is CCc1cnc(CNC(C)c2cnn(CC)c2)o1. The Morgan fingerprint density at radius 3 is 2.83 bits per heavy atom. The number of aromatic nitrogens is 3. The average molecular weight is 248 g/mol. The Balaban J connectivity index is 1.89. The van der Waals surface area contributed by atoms with E-state index in [1.807, 2.05) is 10.9 Å². The lowest BCUT2D eigenvalue weighted by molar-refractivity contribution is 0.424. The summed E-state index contributed by atoms with van der Waals surface area (Å²) < 4.78 is 7.48. The van der Waals surface area contributed by atoms with Crippen molar-refractivity contribution in [2.45, 2.75) is 46.3 Å². The quantitative estimate of drug-likeness (QED) is 0.852. The monoisotopic (exact) mass is 248 g/mol. The van der Waals surface area contributed by atoms with Gasteiger partial charge in [0.1, 0.15) is 5.76 Å². The first-order valence-corrected chi connectivity index (χ1v) is 6.42. The number of hydrogen-bond donors (Lipinski definition) is 1. The van der Waals surface area contributed by atoms with E-state index in [1.54, 1.807) is 6.20 Å². The van der Waals surface area contributed by atoms with Crippen molar-refractivity contribution in [1.82, 2.24) is 20.1 Å². The summed E-state index contributed by atoms with van der Waals surface area (Å²) in [7, 11) is 0. The van der Waals surface area contributed by atoms with E-state index in [0.29, 0.717) is 6.54 Å². The van der Waals surface area contributed by atoms with Crippen LogP contribution < -0.4 is 5.32 Å². The van der Waals surface area contributed by atoms with Crippen molar-refractivity contribution >= 4 is 0 Å². The van der Waals surface area contributed by atoms with Crippen molar-refractivity contribution in [3.63, 3.8) is 0 Å². The Kier molecular flexibility index (Phi) is 4.15. The topological polar surface area (TPSA) is 55.9 Å². The van der Waals surface area contributed by atoms with Crippen LogP contribution in [0.4, 0.5) is 0 Å². The predicted octanol–water partition coefficient (Wildman–Crippen LogP) is 2.30. The van der Waals surface area contributed by atoms with E-state index in [4.69, 9.17) is 4.42 Å². The molecule has 0 saturated heterocycles. The Morgan fingerprint density at radius 1 is 1.39 bits per heavy atom. The minimum absolute atomic E-state index is 0.238. The Morgan fingerprint density at radius 2 is 2.22 bits per heavy atom. The van der Waals surface area contributed by atoms with Crippen molar-refractivity contribution in [2.75, 3.05) is 0 Å². The normalized spacial score (nSPS) is 12.8. The molecule has 0 spiro atoms. The third kappa shape index (κ3) is 2.98. The Labute approximate surface area is 107 Å². The molecule has 5 heteroatoms. The molecule has 1 atom stereocenters. The molecule has 18 heavy (non-hydrogen) atoms. The summed E-state index contributed by atoms with van der Waals surface area (Å²) in [6, 6.07) is 0.238. The summed E-state index contributed by atoms with van der Waals surface area (Å²) in [4.78, 5) is 4.22. The third-order valence-corrected chi connectivity index (χ3v) is 2.99. The lowest BCUT2D eigenvalue weighted by Crippen LogP contribution is -2.17. The van der Waals surface area contributed by atoms with Gasteiger partial charge in [-0.3, -0.25) is 4.68 Å². The van der Waals surface area contributed by atoms with Gasteiger partial charge in [0, 0.05) is 30.8 Å². The van der Waals surface area contributed by atoms with Crippen LogP contribution in [-0.4, -0.2) is 14.8 Å². The molecule has 0 bridgehead atoms. The lowest BCUT2D eigenvalue weighted by atomic mass is 10.2. The van der Waals surface area contributed by atoms with E-state index >= 15 is 0 Å². The second kappa shape index (κ2) is 5.82. The van der Waals surface area contributed by atoms with E-state index in [2.05, 4.69) is 42.4 Å². The van der Waals surface area contributed by atoms with Crippen LogP contribution in [0, 0.1) is 0 Å². The highest BCUT2D eigenvalue weighted by molar-refractivity contribution is 5.09. The van der Waals surface area contributed by atoms with Gasteiger partial charge in [0.15, 0.2) is 0 Å². The molecule has 2 heterocycles. The van der Waals surface area contributed by atoms with Gasteiger partial charge >= 0.3 is 0 Å². The number of nitrogens with zero attached hydrogens (tertiary/aromatic N) is 3. The van der Waals surface area contributed by atoms with Crippen molar-refractivity contribution in [3.8, 4) is 0 Å². The van der Waals surface area contributed by atoms with Gasteiger partial charge in [-0.1, -0.05) is 6.92 Å². The molecule has 1 unspecified atom stereocenters. The highest BCUT2D eigenvalue weighted by Gasteiger charge is 2.09. The molecule has 1 N–H and O–H groups in total. The molecule has 2 aromatic rings. The smallest absolute Gasteiger partial charge is 0.208 e. The first kappa shape index (κ1) is 12.8. The number of oxazole rings is 1. The largest absolute Gasteiger partial charge is 0.444 e. The summed E-state index contributed by atoms with van der Waals surface area (Å²) in [5.74, 6) is 1.67. The van der Waals surface area contributed by atoms with Crippen molar-refractivity contribution in [3.05, 3.63) is 35.8 Å². The van der Waals surface area contributed by atoms with Gasteiger partial charge in [-0.15, -0.1) is 0 Å². The van der Waals surface area contributed by atoms with Gasteiger partial charge < -0.3 is 9.73 Å². The second-order valence-corrected chi connectivity index (χ2v) is 4.31. The molecular formula is C13H20N4O. The van der Waals surface area contributed by atoms with Crippen LogP contribution in [0.3, 0.4) is 0 Å². The molecule has 0 aliphatic heterocycles. The molecule has 0 saturated carbocycles. The Bertz CT molecular complexity index is 489. The van der Waals surface area contributed by atoms with Crippen LogP contribution >= 0.6 is 0 Å². The maximum Gasteiger partial charge on any atom is 0.208 e. The first-order valence-electron chi connectivity index (χ1n) is 6.42. The highest BCUT2D eigenvalue weighted by atomic mass is 16.4. The highest BCUT2D eigenvalue weighted by Crippen LogP contribution is 2.12. The van der Waals surface area contributed by atoms with E-state index < -0.39 is 0 Å². The van der Waals surface area contributed by atoms with Crippen LogP contribution in [0.2, 0.25) is 0 Å². The van der Waals surface area contributed by atoms with Crippen molar-refractivity contribution < 1.29 is 4.42 Å². The zero-order valence-electron chi connectivity index (χ0n) is 11.2. The summed E-state index contributed by atoms with van der Waals surface area (Å²) in [5, 5.41) is 7.65. The van der Waals surface area contributed by atoms with Crippen LogP contribution in [-0.2, 0) is 19.5 Å². The summed E-state index contributed by atoms with van der Waals surface area (Å²) in [6.07, 6.45) is 6.63. The fraction of sp³-hybridized carbons (Fsp3) is 0.538. The summed E-state index contributed by atoms with van der Waals surface area (Å²) >= 11 is 0. The van der Waals surface area contributed by atoms with Gasteiger partial charge in [0.25, 0.3) is 0 Å². The summed E-state index contributed by atoms with van der Waals surface area (Å²) in [6.45, 7) is 7.78. The van der Waals surface area contributed by atoms with Crippen molar-refractivity contribution in [2.24, 2.45) is 0 Å². The second-order valence-electron chi connectivity index (χ2n) is 4.31. The van der Waals surface area contributed by atoms with Gasteiger partial charge in [-0.25, -0.2) is 4.98 Å². The van der Waals surface area contributed by atoms with Crippen LogP contribution in [0.5, 0.6) is 0 Å². The standard InChI is InChI=1S/C13H20N4O/c1-4-12-7-15-13(18-12)8-14-10(3)11-6-16-17(5-2)9-11/h6-7,9-10,14H,4-5,8H2,1-3H3. The molecule has 0 aliphatic rings. The van der Waals surface area contributed by atoms with Gasteiger partial charge in [-0.05, 0) is 13.8 Å². The zero-order valence-corrected chi connectivity index (χ0v) is 11.2. The Hall–Kier alpha value is -1.62. The molecule has 0 aromatic carbocycles. The molecular weight excluding hydrogens is 228 g/mol. The van der Waals surface area contributed by atoms with Crippen molar-refractivity contribution in [1.29, 1.82) is 0 Å². The van der Waals surface area contributed by atoms with E-state index in [-0.39, 0.29) is 6.04 Å². The third-order valence-electron chi connectivity index (χ3n) is 2.99. The van der Waals surface area contributed by atoms with Crippen LogP contribution in [0.25, 0.3) is 0 Å².